The summed E-state index contributed by atoms with van der Waals surface area (Å²) in [4.78, 5) is 0. The first-order valence-electron chi connectivity index (χ1n) is 5.75. The summed E-state index contributed by atoms with van der Waals surface area (Å²) in [6, 6.07) is 0. The Bertz CT molecular complexity index is 141. The molecule has 0 rings (SSSR count). The van der Waals surface area contributed by atoms with Gasteiger partial charge in [-0.2, -0.15) is 0 Å². The lowest BCUT2D eigenvalue weighted by Crippen LogP contribution is -2.38. The van der Waals surface area contributed by atoms with Gasteiger partial charge in [0.05, 0.1) is 0 Å². The van der Waals surface area contributed by atoms with Crippen molar-refractivity contribution in [3.8, 4) is 0 Å². The normalized spacial score (nSPS) is 14.8. The molecule has 2 N–H and O–H groups in total. The third kappa shape index (κ3) is 5.61. The second kappa shape index (κ2) is 6.41. The van der Waals surface area contributed by atoms with Crippen molar-refractivity contribution in [3.63, 3.8) is 0 Å². The van der Waals surface area contributed by atoms with Gasteiger partial charge >= 0.3 is 0 Å². The molecule has 0 heterocycles. The van der Waals surface area contributed by atoms with Gasteiger partial charge in [-0.25, -0.2) is 0 Å². The molecule has 14 heavy (non-hydrogen) atoms. The number of hydrogen-bond acceptors (Lipinski definition) is 2. The van der Waals surface area contributed by atoms with Crippen molar-refractivity contribution in [1.82, 2.24) is 10.6 Å². The van der Waals surface area contributed by atoms with Crippen LogP contribution in [-0.2, 0) is 0 Å². The Morgan fingerprint density at radius 2 is 1.64 bits per heavy atom. The van der Waals surface area contributed by atoms with Gasteiger partial charge in [0, 0.05) is 6.54 Å². The third-order valence-electron chi connectivity index (χ3n) is 2.97. The van der Waals surface area contributed by atoms with Crippen LogP contribution in [0.15, 0.2) is 0 Å². The SMILES string of the molecule is CNCC(C)(C)C(C)CNCC(C)C. The standard InChI is InChI=1S/C12H28N2/c1-10(2)7-14-8-11(3)12(4,5)9-13-6/h10-11,13-14H,7-9H2,1-6H3. The molecule has 1 atom stereocenters. The molecule has 0 fully saturated rings. The van der Waals surface area contributed by atoms with Gasteiger partial charge in [0.25, 0.3) is 0 Å². The maximum absolute atomic E-state index is 3.52. The molecule has 0 aliphatic carbocycles. The van der Waals surface area contributed by atoms with E-state index in [0.29, 0.717) is 11.3 Å². The van der Waals surface area contributed by atoms with Gasteiger partial charge in [-0.1, -0.05) is 34.6 Å². The lowest BCUT2D eigenvalue weighted by molar-refractivity contribution is 0.218. The van der Waals surface area contributed by atoms with Crippen molar-refractivity contribution in [3.05, 3.63) is 0 Å². The van der Waals surface area contributed by atoms with E-state index in [4.69, 9.17) is 0 Å². The van der Waals surface area contributed by atoms with Gasteiger partial charge in [-0.15, -0.1) is 0 Å². The molecule has 0 saturated heterocycles. The minimum Gasteiger partial charge on any atom is -0.319 e. The van der Waals surface area contributed by atoms with E-state index in [1.807, 2.05) is 7.05 Å². The van der Waals surface area contributed by atoms with E-state index in [2.05, 4.69) is 45.3 Å². The molecule has 0 aromatic heterocycles. The molecule has 0 aromatic carbocycles. The Morgan fingerprint density at radius 1 is 1.07 bits per heavy atom. The van der Waals surface area contributed by atoms with Gasteiger partial charge in [0.2, 0.25) is 0 Å². The fraction of sp³-hybridized carbons (Fsp3) is 1.00. The number of rotatable bonds is 7. The molecule has 2 heteroatoms. The summed E-state index contributed by atoms with van der Waals surface area (Å²) in [7, 11) is 2.02. The molecular weight excluding hydrogens is 172 g/mol. The predicted molar refractivity (Wildman–Crippen MR) is 64.6 cm³/mol. The predicted octanol–water partition coefficient (Wildman–Crippen LogP) is 2.11. The van der Waals surface area contributed by atoms with Crippen LogP contribution in [0.25, 0.3) is 0 Å². The largest absolute Gasteiger partial charge is 0.319 e. The summed E-state index contributed by atoms with van der Waals surface area (Å²) in [5.41, 5.74) is 0.374. The van der Waals surface area contributed by atoms with Crippen molar-refractivity contribution < 1.29 is 0 Å². The van der Waals surface area contributed by atoms with Gasteiger partial charge < -0.3 is 10.6 Å². The Kier molecular flexibility index (Phi) is 6.38. The zero-order valence-corrected chi connectivity index (χ0v) is 10.8. The van der Waals surface area contributed by atoms with Gasteiger partial charge in [-0.05, 0) is 37.4 Å². The Hall–Kier alpha value is -0.0800. The molecule has 0 bridgehead atoms. The molecule has 0 spiro atoms. The lowest BCUT2D eigenvalue weighted by atomic mass is 9.80. The van der Waals surface area contributed by atoms with Crippen LogP contribution in [-0.4, -0.2) is 26.7 Å². The lowest BCUT2D eigenvalue weighted by Gasteiger charge is -2.32. The first kappa shape index (κ1) is 13.9. The van der Waals surface area contributed by atoms with Crippen molar-refractivity contribution in [2.24, 2.45) is 17.3 Å². The van der Waals surface area contributed by atoms with E-state index < -0.39 is 0 Å². The number of hydrogen-bond donors (Lipinski definition) is 2. The summed E-state index contributed by atoms with van der Waals surface area (Å²) in [5.74, 6) is 1.45. The van der Waals surface area contributed by atoms with Crippen LogP contribution in [0.4, 0.5) is 0 Å². The highest BCUT2D eigenvalue weighted by Crippen LogP contribution is 2.24. The quantitative estimate of drug-likeness (QED) is 0.658. The minimum absolute atomic E-state index is 0.374. The highest BCUT2D eigenvalue weighted by atomic mass is 14.9. The monoisotopic (exact) mass is 200 g/mol. The first-order valence-corrected chi connectivity index (χ1v) is 5.75. The van der Waals surface area contributed by atoms with Crippen LogP contribution in [0.1, 0.15) is 34.6 Å². The molecule has 0 amide bonds. The Balaban J connectivity index is 3.76. The van der Waals surface area contributed by atoms with E-state index in [9.17, 15) is 0 Å². The summed E-state index contributed by atoms with van der Waals surface area (Å²) in [6.07, 6.45) is 0. The van der Waals surface area contributed by atoms with E-state index in [-0.39, 0.29) is 0 Å². The minimum atomic E-state index is 0.374. The van der Waals surface area contributed by atoms with Gasteiger partial charge in [0.1, 0.15) is 0 Å². The molecule has 0 aromatic rings. The molecule has 1 unspecified atom stereocenters. The Labute approximate surface area is 89.9 Å². The topological polar surface area (TPSA) is 24.1 Å². The second-order valence-electron chi connectivity index (χ2n) is 5.47. The van der Waals surface area contributed by atoms with Crippen LogP contribution >= 0.6 is 0 Å². The van der Waals surface area contributed by atoms with Crippen LogP contribution in [0.2, 0.25) is 0 Å². The van der Waals surface area contributed by atoms with E-state index in [1.54, 1.807) is 0 Å². The molecule has 0 aliphatic heterocycles. The van der Waals surface area contributed by atoms with Gasteiger partial charge in [0.15, 0.2) is 0 Å². The van der Waals surface area contributed by atoms with Crippen LogP contribution in [0.3, 0.4) is 0 Å². The van der Waals surface area contributed by atoms with Crippen molar-refractivity contribution in [1.29, 1.82) is 0 Å². The molecule has 0 radical (unpaired) electrons. The van der Waals surface area contributed by atoms with Crippen LogP contribution < -0.4 is 10.6 Å². The van der Waals surface area contributed by atoms with Crippen molar-refractivity contribution >= 4 is 0 Å². The fourth-order valence-electron chi connectivity index (χ4n) is 1.49. The van der Waals surface area contributed by atoms with Crippen molar-refractivity contribution in [2.75, 3.05) is 26.7 Å². The summed E-state index contributed by atoms with van der Waals surface area (Å²) < 4.78 is 0. The zero-order valence-electron chi connectivity index (χ0n) is 10.8. The third-order valence-corrected chi connectivity index (χ3v) is 2.97. The summed E-state index contributed by atoms with van der Waals surface area (Å²) >= 11 is 0. The maximum atomic E-state index is 3.52. The summed E-state index contributed by atoms with van der Waals surface area (Å²) in [5, 5.41) is 6.78. The first-order chi connectivity index (χ1) is 6.40. The molecule has 2 nitrogen and oxygen atoms in total. The highest BCUT2D eigenvalue weighted by molar-refractivity contribution is 4.78. The average molecular weight is 200 g/mol. The van der Waals surface area contributed by atoms with E-state index in [0.717, 1.165) is 25.6 Å². The van der Waals surface area contributed by atoms with Gasteiger partial charge in [-0.3, -0.25) is 0 Å². The van der Waals surface area contributed by atoms with Crippen LogP contribution in [0, 0.1) is 17.3 Å². The average Bonchev–Trinajstić information content (AvgIpc) is 2.03. The zero-order chi connectivity index (χ0) is 11.2. The smallest absolute Gasteiger partial charge is 0.000254 e. The Morgan fingerprint density at radius 3 is 2.07 bits per heavy atom. The molecule has 0 saturated carbocycles. The van der Waals surface area contributed by atoms with Crippen molar-refractivity contribution in [2.45, 2.75) is 34.6 Å². The molecule has 0 aliphatic rings. The fourth-order valence-corrected chi connectivity index (χ4v) is 1.49. The molecule has 86 valence electrons. The highest BCUT2D eigenvalue weighted by Gasteiger charge is 2.24. The van der Waals surface area contributed by atoms with E-state index >= 15 is 0 Å². The molecular formula is C12H28N2. The maximum Gasteiger partial charge on any atom is 0.000254 e. The second-order valence-corrected chi connectivity index (χ2v) is 5.47. The van der Waals surface area contributed by atoms with Crippen LogP contribution in [0.5, 0.6) is 0 Å². The number of nitrogens with one attached hydrogen (secondary N) is 2. The summed E-state index contributed by atoms with van der Waals surface area (Å²) in [6.45, 7) is 14.8. The van der Waals surface area contributed by atoms with E-state index in [1.165, 1.54) is 0 Å².